The van der Waals surface area contributed by atoms with Gasteiger partial charge in [0.05, 0.1) is 5.56 Å². The van der Waals surface area contributed by atoms with E-state index < -0.39 is 37.9 Å². The summed E-state index contributed by atoms with van der Waals surface area (Å²) in [6, 6.07) is 2.24. The third-order valence-electron chi connectivity index (χ3n) is 1.95. The van der Waals surface area contributed by atoms with Crippen LogP contribution in [0.1, 0.15) is 5.56 Å². The normalized spacial score (nSPS) is 14.0. The predicted molar refractivity (Wildman–Crippen MR) is 51.2 cm³/mol. The summed E-state index contributed by atoms with van der Waals surface area (Å²) in [6.45, 7) is 0. The fourth-order valence-corrected chi connectivity index (χ4v) is 4.27. The van der Waals surface area contributed by atoms with Gasteiger partial charge in [0.25, 0.3) is 0 Å². The first-order chi connectivity index (χ1) is 7.92. The van der Waals surface area contributed by atoms with Gasteiger partial charge >= 0.3 is 94.8 Å². The molecule has 1 atom stereocenters. The number of rotatable bonds is 3. The molecule has 102 valence electrons. The second-order valence-corrected chi connectivity index (χ2v) is 7.69. The van der Waals surface area contributed by atoms with Gasteiger partial charge in [-0.25, -0.2) is 0 Å². The summed E-state index contributed by atoms with van der Waals surface area (Å²) in [5.74, 6) is -1.63. The van der Waals surface area contributed by atoms with Gasteiger partial charge in [0, 0.05) is 13.3 Å². The molecule has 0 heterocycles. The van der Waals surface area contributed by atoms with E-state index in [0.29, 0.717) is 24.3 Å². The maximum atomic E-state index is 12.2. The Morgan fingerprint density at radius 1 is 0.905 bits per heavy atom. The maximum Gasteiger partial charge on any atom is 1.00 e. The Labute approximate surface area is 185 Å². The molecule has 5 nitrogen and oxygen atoms in total. The van der Waals surface area contributed by atoms with E-state index in [-0.39, 0.29) is 88.7 Å². The largest absolute Gasteiger partial charge is 1.00 e. The molecule has 1 aromatic carbocycles. The van der Waals surface area contributed by atoms with Crippen LogP contribution in [0.25, 0.3) is 0 Å². The van der Waals surface area contributed by atoms with Crippen LogP contribution in [0.4, 0.5) is 13.2 Å². The van der Waals surface area contributed by atoms with Gasteiger partial charge in [0.15, 0.2) is 0 Å². The van der Waals surface area contributed by atoms with E-state index in [1.807, 2.05) is 0 Å². The van der Waals surface area contributed by atoms with Gasteiger partial charge in [-0.2, -0.15) is 13.2 Å². The van der Waals surface area contributed by atoms with E-state index in [1.54, 1.807) is 0 Å². The predicted octanol–water partition coefficient (Wildman–Crippen LogP) is -9.15. The van der Waals surface area contributed by atoms with Crippen molar-refractivity contribution >= 4 is 20.3 Å². The van der Waals surface area contributed by atoms with Crippen LogP contribution in [0.5, 0.6) is 0 Å². The molecule has 0 saturated heterocycles. The molecular formula is C8H6F3Na3O5P2. The van der Waals surface area contributed by atoms with E-state index in [2.05, 4.69) is 0 Å². The van der Waals surface area contributed by atoms with Crippen molar-refractivity contribution in [1.29, 1.82) is 0 Å². The first-order valence-corrected chi connectivity index (χ1v) is 7.95. The van der Waals surface area contributed by atoms with Crippen LogP contribution in [-0.4, -0.2) is 5.90 Å². The second kappa shape index (κ2) is 10.4. The number of benzene rings is 1. The fraction of sp³-hybridized carbons (Fsp3) is 0.250. The first kappa shape index (κ1) is 28.2. The maximum absolute atomic E-state index is 12.2. The zero-order valence-electron chi connectivity index (χ0n) is 11.6. The van der Waals surface area contributed by atoms with E-state index >= 15 is 0 Å². The molecule has 0 fully saturated rings. The van der Waals surface area contributed by atoms with E-state index in [1.165, 1.54) is 0 Å². The van der Waals surface area contributed by atoms with Crippen molar-refractivity contribution in [3.05, 3.63) is 29.8 Å². The van der Waals surface area contributed by atoms with Gasteiger partial charge in [0.1, 0.15) is 0 Å². The summed E-state index contributed by atoms with van der Waals surface area (Å²) >= 11 is 0. The van der Waals surface area contributed by atoms with Gasteiger partial charge in [-0.15, -0.1) is 0 Å². The van der Waals surface area contributed by atoms with E-state index in [0.717, 1.165) is 0 Å². The third kappa shape index (κ3) is 10.0. The molecule has 0 aliphatic heterocycles. The standard InChI is InChI=1S/C8H9F3O5P2.3Na/c9-8(10,11)6-1-3-7(4-2-6)17(12,13)5-18(14,15)16;;;/h1-4H,5H2,(H,12,13)(H2,14,15,16);;;/q;3*+1/p-3. The first-order valence-electron chi connectivity index (χ1n) is 4.41. The van der Waals surface area contributed by atoms with Crippen LogP contribution in [0.2, 0.25) is 0 Å². The van der Waals surface area contributed by atoms with E-state index in [9.17, 15) is 37.0 Å². The van der Waals surface area contributed by atoms with Crippen LogP contribution in [0.15, 0.2) is 24.3 Å². The van der Waals surface area contributed by atoms with Crippen LogP contribution in [-0.2, 0) is 15.3 Å². The molecular weight excluding hydrogens is 364 g/mol. The fourth-order valence-electron chi connectivity index (χ4n) is 1.19. The molecule has 0 spiro atoms. The average molecular weight is 370 g/mol. The minimum Gasteiger partial charge on any atom is -0.810 e. The molecule has 0 saturated carbocycles. The van der Waals surface area contributed by atoms with Crippen molar-refractivity contribution in [3.8, 4) is 0 Å². The summed E-state index contributed by atoms with van der Waals surface area (Å²) < 4.78 is 58.3. The Bertz CT molecular complexity index is 531. The Hall–Kier alpha value is 2.35. The third-order valence-corrected chi connectivity index (χ3v) is 5.91. The summed E-state index contributed by atoms with van der Waals surface area (Å²) in [5, 5.41) is -0.623. The SMILES string of the molecule is O=P([O-])([O-])CP(=O)([O-])c1ccc(C(F)(F)F)cc1.[Na+].[Na+].[Na+]. The van der Waals surface area contributed by atoms with Gasteiger partial charge in [-0.05, 0) is 17.4 Å². The van der Waals surface area contributed by atoms with Crippen molar-refractivity contribution in [1.82, 2.24) is 0 Å². The molecule has 1 aromatic rings. The molecule has 0 aliphatic rings. The van der Waals surface area contributed by atoms with Crippen molar-refractivity contribution < 1.29 is 126 Å². The average Bonchev–Trinajstić information content (AvgIpc) is 2.13. The van der Waals surface area contributed by atoms with Crippen molar-refractivity contribution in [2.24, 2.45) is 0 Å². The summed E-state index contributed by atoms with van der Waals surface area (Å²) in [5.41, 5.74) is -1.07. The molecule has 0 N–H and O–H groups in total. The molecule has 0 aliphatic carbocycles. The van der Waals surface area contributed by atoms with Crippen molar-refractivity contribution in [2.75, 3.05) is 5.90 Å². The number of hydrogen-bond donors (Lipinski definition) is 0. The zero-order valence-corrected chi connectivity index (χ0v) is 19.4. The minimum absolute atomic E-state index is 0. The Balaban J connectivity index is -0.00000108. The summed E-state index contributed by atoms with van der Waals surface area (Å²) in [7, 11) is -10.0. The van der Waals surface area contributed by atoms with Gasteiger partial charge < -0.3 is 23.8 Å². The quantitative estimate of drug-likeness (QED) is 0.389. The summed E-state index contributed by atoms with van der Waals surface area (Å²) in [4.78, 5) is 32.1. The second-order valence-electron chi connectivity index (χ2n) is 3.47. The van der Waals surface area contributed by atoms with Crippen LogP contribution < -0.4 is 109 Å². The Morgan fingerprint density at radius 3 is 1.57 bits per heavy atom. The van der Waals surface area contributed by atoms with E-state index in [4.69, 9.17) is 0 Å². The topological polar surface area (TPSA) is 103 Å². The molecule has 0 radical (unpaired) electrons. The number of hydrogen-bond acceptors (Lipinski definition) is 5. The van der Waals surface area contributed by atoms with Gasteiger partial charge in [0.2, 0.25) is 0 Å². The van der Waals surface area contributed by atoms with Crippen molar-refractivity contribution in [2.45, 2.75) is 6.18 Å². The summed E-state index contributed by atoms with van der Waals surface area (Å²) in [6.07, 6.45) is -4.63. The Kier molecular flexibility index (Phi) is 13.9. The number of halogens is 3. The molecule has 1 unspecified atom stereocenters. The molecule has 13 heteroatoms. The van der Waals surface area contributed by atoms with Gasteiger partial charge in [-0.1, -0.05) is 19.7 Å². The van der Waals surface area contributed by atoms with Gasteiger partial charge in [-0.3, -0.25) is 0 Å². The zero-order chi connectivity index (χ0) is 14.2. The molecule has 0 amide bonds. The smallest absolute Gasteiger partial charge is 0.810 e. The van der Waals surface area contributed by atoms with Crippen LogP contribution in [0.3, 0.4) is 0 Å². The molecule has 1 rings (SSSR count). The van der Waals surface area contributed by atoms with Crippen molar-refractivity contribution in [3.63, 3.8) is 0 Å². The molecule has 21 heavy (non-hydrogen) atoms. The van der Waals surface area contributed by atoms with Crippen LogP contribution >= 0.6 is 15.0 Å². The molecule has 0 bridgehead atoms. The monoisotopic (exact) mass is 370 g/mol. The Morgan fingerprint density at radius 2 is 1.29 bits per heavy atom. The minimum atomic E-state index is -5.29. The number of alkyl halides is 3. The van der Waals surface area contributed by atoms with Crippen LogP contribution in [0, 0.1) is 0 Å². The molecule has 0 aromatic heterocycles.